The Balaban J connectivity index is 2.65. The fourth-order valence-electron chi connectivity index (χ4n) is 2.46. The molecule has 3 rings (SSSR count). The molecule has 0 atom stereocenters. The van der Waals surface area contributed by atoms with Crippen molar-refractivity contribution in [3.63, 3.8) is 0 Å². The molecule has 2 aromatic heterocycles. The van der Waals surface area contributed by atoms with Crippen molar-refractivity contribution in [1.82, 2.24) is 24.8 Å². The number of aromatic nitrogens is 5. The molecule has 0 spiro atoms. The summed E-state index contributed by atoms with van der Waals surface area (Å²) >= 11 is 1.41. The van der Waals surface area contributed by atoms with Crippen LogP contribution in [-0.4, -0.2) is 42.6 Å². The van der Waals surface area contributed by atoms with Crippen LogP contribution in [0.1, 0.15) is 13.8 Å². The molecule has 8 heteroatoms. The van der Waals surface area contributed by atoms with E-state index in [0.29, 0.717) is 16.3 Å². The minimum atomic E-state index is -0.313. The van der Waals surface area contributed by atoms with Crippen LogP contribution in [0, 0.1) is 0 Å². The Hall–Kier alpha value is -2.61. The number of thioether (sulfide) groups is 1. The molecular formula is C15H15N5O2S. The molecule has 0 bridgehead atoms. The molecule has 1 aromatic carbocycles. The zero-order valence-corrected chi connectivity index (χ0v) is 13.7. The van der Waals surface area contributed by atoms with E-state index >= 15 is 0 Å². The number of H-pyrrole nitrogens is 2. The van der Waals surface area contributed by atoms with Gasteiger partial charge < -0.3 is 4.98 Å². The monoisotopic (exact) mass is 329 g/mol. The summed E-state index contributed by atoms with van der Waals surface area (Å²) in [4.78, 5) is 27.0. The summed E-state index contributed by atoms with van der Waals surface area (Å²) in [5.41, 5.74) is 1.76. The highest BCUT2D eigenvalue weighted by Gasteiger charge is 2.14. The van der Waals surface area contributed by atoms with Gasteiger partial charge in [0.25, 0.3) is 0 Å². The quantitative estimate of drug-likeness (QED) is 0.560. The Morgan fingerprint density at radius 3 is 2.48 bits per heavy atom. The molecule has 2 heterocycles. The van der Waals surface area contributed by atoms with Gasteiger partial charge in [0.15, 0.2) is 17.2 Å². The normalized spacial score (nSPS) is 10.9. The number of carbonyl (C=O) groups is 2. The molecule has 7 nitrogen and oxygen atoms in total. The Bertz CT molecular complexity index is 1010. The lowest BCUT2D eigenvalue weighted by Crippen LogP contribution is -2.24. The van der Waals surface area contributed by atoms with Crippen LogP contribution in [0.4, 0.5) is 0 Å². The van der Waals surface area contributed by atoms with Crippen molar-refractivity contribution < 1.29 is 9.59 Å². The van der Waals surface area contributed by atoms with Crippen LogP contribution in [0.25, 0.3) is 22.1 Å². The first-order valence-electron chi connectivity index (χ1n) is 6.92. The topological polar surface area (TPSA) is 95.9 Å². The lowest BCUT2D eigenvalue weighted by molar-refractivity contribution is -0.116. The van der Waals surface area contributed by atoms with Crippen LogP contribution in [0.15, 0.2) is 29.4 Å². The van der Waals surface area contributed by atoms with Gasteiger partial charge in [-0.15, -0.1) is 10.2 Å². The van der Waals surface area contributed by atoms with Crippen molar-refractivity contribution in [2.24, 2.45) is 0 Å². The van der Waals surface area contributed by atoms with Gasteiger partial charge in [0.1, 0.15) is 11.1 Å². The van der Waals surface area contributed by atoms with Crippen molar-refractivity contribution in [2.45, 2.75) is 19.0 Å². The number of nitrogens with zero attached hydrogens (tertiary/aromatic N) is 3. The molecule has 0 aliphatic rings. The van der Waals surface area contributed by atoms with Gasteiger partial charge in [0.2, 0.25) is 5.16 Å². The number of fused-ring (bicyclic) bond motifs is 3. The number of hydrogen-bond donors (Lipinski definition) is 2. The fraction of sp³-hybridized carbons (Fsp3) is 0.200. The summed E-state index contributed by atoms with van der Waals surface area (Å²) in [5, 5.41) is 12.9. The zero-order valence-electron chi connectivity index (χ0n) is 12.9. The van der Waals surface area contributed by atoms with Gasteiger partial charge in [-0.3, -0.25) is 14.7 Å². The van der Waals surface area contributed by atoms with Crippen molar-refractivity contribution in [3.05, 3.63) is 29.7 Å². The summed E-state index contributed by atoms with van der Waals surface area (Å²) in [6.45, 7) is 2.74. The molecule has 0 fully saturated rings. The van der Waals surface area contributed by atoms with Gasteiger partial charge in [-0.1, -0.05) is 23.9 Å². The third kappa shape index (κ3) is 2.61. The number of Topliss-reactive ketones (excluding diaryl/α,β-unsaturated/α-hetero) is 2. The standard InChI is InChI=1S/C15H15N5O2S/c1-8(21)12(9(2)22)13-16-11-7-5-4-6-10(11)14-17-18-15(23-3)20(14)19-13/h4-7,16,19H,1-3H3. The molecule has 0 aliphatic heterocycles. The number of nitrogens with one attached hydrogen (secondary N) is 2. The maximum absolute atomic E-state index is 11.9. The van der Waals surface area contributed by atoms with Crippen LogP contribution in [-0.2, 0) is 9.59 Å². The number of rotatable bonds is 3. The third-order valence-electron chi connectivity index (χ3n) is 3.42. The van der Waals surface area contributed by atoms with Crippen molar-refractivity contribution in [3.8, 4) is 0 Å². The summed E-state index contributed by atoms with van der Waals surface area (Å²) in [6, 6.07) is 7.52. The first kappa shape index (κ1) is 15.3. The number of carbonyl (C=O) groups excluding carboxylic acids is 2. The number of ketones is 2. The van der Waals surface area contributed by atoms with E-state index in [1.807, 2.05) is 30.5 Å². The van der Waals surface area contributed by atoms with Crippen molar-refractivity contribution in [2.75, 3.05) is 6.26 Å². The van der Waals surface area contributed by atoms with Crippen LogP contribution in [0.5, 0.6) is 0 Å². The second kappa shape index (κ2) is 5.88. The maximum atomic E-state index is 11.9. The molecule has 0 saturated heterocycles. The molecule has 0 amide bonds. The van der Waals surface area contributed by atoms with Gasteiger partial charge in [-0.05, 0) is 32.2 Å². The van der Waals surface area contributed by atoms with Gasteiger partial charge >= 0.3 is 0 Å². The van der Waals surface area contributed by atoms with E-state index in [-0.39, 0.29) is 17.1 Å². The van der Waals surface area contributed by atoms with Crippen LogP contribution >= 0.6 is 11.8 Å². The highest BCUT2D eigenvalue weighted by atomic mass is 32.2. The van der Waals surface area contributed by atoms with Crippen LogP contribution < -0.4 is 5.48 Å². The smallest absolute Gasteiger partial charge is 0.210 e. The van der Waals surface area contributed by atoms with Crippen LogP contribution in [0.3, 0.4) is 0 Å². The largest absolute Gasteiger partial charge is 0.339 e. The highest BCUT2D eigenvalue weighted by molar-refractivity contribution is 7.98. The predicted molar refractivity (Wildman–Crippen MR) is 88.6 cm³/mol. The first-order chi connectivity index (χ1) is 11.0. The summed E-state index contributed by atoms with van der Waals surface area (Å²) in [7, 11) is 0. The van der Waals surface area contributed by atoms with E-state index in [9.17, 15) is 9.59 Å². The lowest BCUT2D eigenvalue weighted by Gasteiger charge is -1.98. The molecule has 23 heavy (non-hydrogen) atoms. The second-order valence-corrected chi connectivity index (χ2v) is 5.76. The molecule has 118 valence electrons. The van der Waals surface area contributed by atoms with Gasteiger partial charge in [-0.2, -0.15) is 0 Å². The average Bonchev–Trinajstić information content (AvgIpc) is 2.82. The van der Waals surface area contributed by atoms with E-state index in [1.54, 1.807) is 4.52 Å². The molecule has 0 radical (unpaired) electrons. The summed E-state index contributed by atoms with van der Waals surface area (Å²) < 4.78 is 1.67. The zero-order chi connectivity index (χ0) is 16.6. The molecule has 0 saturated carbocycles. The van der Waals surface area contributed by atoms with Crippen molar-refractivity contribution in [1.29, 1.82) is 0 Å². The molecule has 2 N–H and O–H groups in total. The van der Waals surface area contributed by atoms with E-state index in [4.69, 9.17) is 0 Å². The minimum absolute atomic E-state index is 0.0772. The number of benzene rings is 1. The molecular weight excluding hydrogens is 314 g/mol. The van der Waals surface area contributed by atoms with Crippen molar-refractivity contribution >= 4 is 45.5 Å². The number of aromatic amines is 2. The van der Waals surface area contributed by atoms with E-state index in [1.165, 1.54) is 25.6 Å². The molecule has 3 aromatic rings. The van der Waals surface area contributed by atoms with Gasteiger partial charge in [-0.25, -0.2) is 4.52 Å². The van der Waals surface area contributed by atoms with Gasteiger partial charge in [0, 0.05) is 5.39 Å². The van der Waals surface area contributed by atoms with Crippen LogP contribution in [0.2, 0.25) is 0 Å². The average molecular weight is 329 g/mol. The molecule has 0 unspecified atom stereocenters. The summed E-state index contributed by atoms with van der Waals surface area (Å²) in [5.74, 6) is -0.626. The third-order valence-corrected chi connectivity index (χ3v) is 4.05. The Morgan fingerprint density at radius 2 is 1.83 bits per heavy atom. The maximum Gasteiger partial charge on any atom is 0.210 e. The van der Waals surface area contributed by atoms with E-state index in [0.717, 1.165) is 10.9 Å². The fourth-order valence-corrected chi connectivity index (χ4v) is 2.89. The Kier molecular flexibility index (Phi) is 3.91. The molecule has 0 aliphatic carbocycles. The first-order valence-corrected chi connectivity index (χ1v) is 8.14. The lowest BCUT2D eigenvalue weighted by atomic mass is 10.1. The number of para-hydroxylation sites is 1. The van der Waals surface area contributed by atoms with E-state index in [2.05, 4.69) is 20.3 Å². The minimum Gasteiger partial charge on any atom is -0.339 e. The second-order valence-electron chi connectivity index (χ2n) is 4.99. The Labute approximate surface area is 135 Å². The SMILES string of the molecule is CSc1nnc2c3ccccc3[nH]c(=C(C(C)=O)C(C)=O)[nH]n12. The predicted octanol–water partition coefficient (Wildman–Crippen LogP) is 1.43. The summed E-state index contributed by atoms with van der Waals surface area (Å²) in [6.07, 6.45) is 1.88. The number of hydrogen-bond acceptors (Lipinski definition) is 5. The van der Waals surface area contributed by atoms with Gasteiger partial charge in [0.05, 0.1) is 5.52 Å². The van der Waals surface area contributed by atoms with E-state index < -0.39 is 0 Å². The highest BCUT2D eigenvalue weighted by Crippen LogP contribution is 2.17. The Morgan fingerprint density at radius 1 is 1.13 bits per heavy atom.